The number of carbonyl (C=O) groups excluding carboxylic acids is 1. The predicted octanol–water partition coefficient (Wildman–Crippen LogP) is 5.22. The van der Waals surface area contributed by atoms with Crippen molar-refractivity contribution in [1.82, 2.24) is 5.43 Å². The third-order valence-corrected chi connectivity index (χ3v) is 5.42. The number of anilines is 1. The lowest BCUT2D eigenvalue weighted by Gasteiger charge is -2.23. The molecule has 0 bridgehead atoms. The molecular formula is C23H24BrN3O2. The van der Waals surface area contributed by atoms with Crippen LogP contribution in [0.15, 0.2) is 64.2 Å². The van der Waals surface area contributed by atoms with E-state index in [2.05, 4.69) is 45.2 Å². The topological polar surface area (TPSA) is 53.9 Å². The van der Waals surface area contributed by atoms with Crippen molar-refractivity contribution in [3.8, 4) is 5.75 Å². The summed E-state index contributed by atoms with van der Waals surface area (Å²) in [6.45, 7) is 6.02. The molecule has 0 saturated carbocycles. The normalized spacial score (nSPS) is 11.0. The largest absolute Gasteiger partial charge is 0.496 e. The fraction of sp³-hybridized carbons (Fsp3) is 0.217. The molecule has 0 aliphatic carbocycles. The fourth-order valence-electron chi connectivity index (χ4n) is 3.20. The van der Waals surface area contributed by atoms with Crippen LogP contribution in [0, 0.1) is 0 Å². The molecule has 0 radical (unpaired) electrons. The molecule has 0 unspecified atom stereocenters. The summed E-state index contributed by atoms with van der Waals surface area (Å²) >= 11 is 3.63. The second-order valence-electron chi connectivity index (χ2n) is 6.48. The minimum atomic E-state index is -0.259. The lowest BCUT2D eigenvalue weighted by Crippen LogP contribution is -2.22. The van der Waals surface area contributed by atoms with Gasteiger partial charge in [-0.2, -0.15) is 5.10 Å². The number of rotatable bonds is 7. The molecule has 3 aromatic rings. The molecule has 150 valence electrons. The Labute approximate surface area is 179 Å². The zero-order chi connectivity index (χ0) is 20.8. The first-order valence-electron chi connectivity index (χ1n) is 9.52. The van der Waals surface area contributed by atoms with Crippen LogP contribution in [0.1, 0.15) is 29.8 Å². The number of fused-ring (bicyclic) bond motifs is 1. The molecule has 0 atom stereocenters. The Bertz CT molecular complexity index is 1050. The highest BCUT2D eigenvalue weighted by atomic mass is 79.9. The summed E-state index contributed by atoms with van der Waals surface area (Å²) in [5, 5.41) is 6.23. The molecule has 0 saturated heterocycles. The van der Waals surface area contributed by atoms with E-state index < -0.39 is 0 Å². The van der Waals surface area contributed by atoms with Gasteiger partial charge in [-0.1, -0.05) is 30.3 Å². The highest BCUT2D eigenvalue weighted by Crippen LogP contribution is 2.33. The Morgan fingerprint density at radius 1 is 1.10 bits per heavy atom. The van der Waals surface area contributed by atoms with Gasteiger partial charge in [0, 0.05) is 34.8 Å². The van der Waals surface area contributed by atoms with Crippen LogP contribution in [-0.4, -0.2) is 32.3 Å². The average molecular weight is 454 g/mol. The number of ether oxygens (including phenoxy) is 1. The molecule has 6 heteroatoms. The zero-order valence-corrected chi connectivity index (χ0v) is 18.4. The molecule has 3 aromatic carbocycles. The molecule has 29 heavy (non-hydrogen) atoms. The third kappa shape index (κ3) is 4.77. The summed E-state index contributed by atoms with van der Waals surface area (Å²) in [7, 11) is 1.63. The van der Waals surface area contributed by atoms with Gasteiger partial charge in [-0.3, -0.25) is 4.79 Å². The Balaban J connectivity index is 1.78. The van der Waals surface area contributed by atoms with Gasteiger partial charge in [-0.25, -0.2) is 5.43 Å². The Morgan fingerprint density at radius 2 is 1.83 bits per heavy atom. The van der Waals surface area contributed by atoms with Crippen LogP contribution in [0.2, 0.25) is 0 Å². The van der Waals surface area contributed by atoms with Gasteiger partial charge >= 0.3 is 0 Å². The van der Waals surface area contributed by atoms with E-state index in [1.54, 1.807) is 19.4 Å². The number of hydrogen-bond donors (Lipinski definition) is 1. The van der Waals surface area contributed by atoms with Crippen LogP contribution < -0.4 is 15.1 Å². The summed E-state index contributed by atoms with van der Waals surface area (Å²) in [5.41, 5.74) is 4.98. The standard InChI is InChI=1S/C23H24BrN3O2/c1-4-27(5-2)21-14-22(29-3)19(13-20(21)24)15-25-26-23(28)18-11-10-16-8-6-7-9-17(16)12-18/h6-15H,4-5H2,1-3H3,(H,26,28)/b25-15-. The second-order valence-corrected chi connectivity index (χ2v) is 7.33. The average Bonchev–Trinajstić information content (AvgIpc) is 2.75. The van der Waals surface area contributed by atoms with Crippen molar-refractivity contribution in [2.24, 2.45) is 5.10 Å². The minimum Gasteiger partial charge on any atom is -0.496 e. The number of methoxy groups -OCH3 is 1. The van der Waals surface area contributed by atoms with Crippen molar-refractivity contribution >= 4 is 44.5 Å². The third-order valence-electron chi connectivity index (χ3n) is 4.78. The second kappa shape index (κ2) is 9.56. The lowest BCUT2D eigenvalue weighted by atomic mass is 10.1. The Morgan fingerprint density at radius 3 is 2.52 bits per heavy atom. The predicted molar refractivity (Wildman–Crippen MR) is 123 cm³/mol. The minimum absolute atomic E-state index is 0.259. The van der Waals surface area contributed by atoms with Crippen LogP contribution in [0.3, 0.4) is 0 Å². The molecule has 5 nitrogen and oxygen atoms in total. The van der Waals surface area contributed by atoms with Gasteiger partial charge in [0.15, 0.2) is 0 Å². The highest BCUT2D eigenvalue weighted by Gasteiger charge is 2.12. The van der Waals surface area contributed by atoms with Gasteiger partial charge in [0.25, 0.3) is 5.91 Å². The molecule has 3 rings (SSSR count). The number of benzene rings is 3. The number of hydrogen-bond acceptors (Lipinski definition) is 4. The fourth-order valence-corrected chi connectivity index (χ4v) is 3.81. The number of halogens is 1. The molecule has 0 aromatic heterocycles. The lowest BCUT2D eigenvalue weighted by molar-refractivity contribution is 0.0955. The number of nitrogens with one attached hydrogen (secondary N) is 1. The summed E-state index contributed by atoms with van der Waals surface area (Å²) in [4.78, 5) is 14.7. The van der Waals surface area contributed by atoms with E-state index in [1.807, 2.05) is 48.5 Å². The van der Waals surface area contributed by atoms with Crippen LogP contribution in [-0.2, 0) is 0 Å². The van der Waals surface area contributed by atoms with Gasteiger partial charge in [0.05, 0.1) is 19.0 Å². The zero-order valence-electron chi connectivity index (χ0n) is 16.8. The van der Waals surface area contributed by atoms with Crippen LogP contribution in [0.25, 0.3) is 10.8 Å². The Hall–Kier alpha value is -2.86. The van der Waals surface area contributed by atoms with Crippen LogP contribution >= 0.6 is 15.9 Å². The van der Waals surface area contributed by atoms with Crippen LogP contribution in [0.4, 0.5) is 5.69 Å². The molecule has 0 aliphatic rings. The van der Waals surface area contributed by atoms with E-state index in [0.717, 1.165) is 39.6 Å². The van der Waals surface area contributed by atoms with Crippen molar-refractivity contribution in [2.45, 2.75) is 13.8 Å². The van der Waals surface area contributed by atoms with Gasteiger partial charge in [-0.05, 0) is 58.7 Å². The van der Waals surface area contributed by atoms with Crippen LogP contribution in [0.5, 0.6) is 5.75 Å². The van der Waals surface area contributed by atoms with E-state index in [0.29, 0.717) is 11.3 Å². The summed E-state index contributed by atoms with van der Waals surface area (Å²) in [6.07, 6.45) is 1.59. The number of carbonyl (C=O) groups is 1. The first-order valence-corrected chi connectivity index (χ1v) is 10.3. The maximum atomic E-state index is 12.4. The van der Waals surface area contributed by atoms with E-state index in [9.17, 15) is 4.79 Å². The molecular weight excluding hydrogens is 430 g/mol. The highest BCUT2D eigenvalue weighted by molar-refractivity contribution is 9.10. The van der Waals surface area contributed by atoms with Crippen molar-refractivity contribution in [1.29, 1.82) is 0 Å². The maximum Gasteiger partial charge on any atom is 0.271 e. The number of hydrazone groups is 1. The van der Waals surface area contributed by atoms with Crippen molar-refractivity contribution in [2.75, 3.05) is 25.1 Å². The van der Waals surface area contributed by atoms with Gasteiger partial charge < -0.3 is 9.64 Å². The van der Waals surface area contributed by atoms with E-state index in [-0.39, 0.29) is 5.91 Å². The summed E-state index contributed by atoms with van der Waals surface area (Å²) < 4.78 is 6.47. The first-order chi connectivity index (χ1) is 14.1. The SMILES string of the molecule is CCN(CC)c1cc(OC)c(/C=N\NC(=O)c2ccc3ccccc3c2)cc1Br. The number of nitrogens with zero attached hydrogens (tertiary/aromatic N) is 2. The first kappa shape index (κ1) is 20.9. The van der Waals surface area contributed by atoms with Gasteiger partial charge in [0.1, 0.15) is 5.75 Å². The maximum absolute atomic E-state index is 12.4. The van der Waals surface area contributed by atoms with Crippen molar-refractivity contribution in [3.63, 3.8) is 0 Å². The van der Waals surface area contributed by atoms with E-state index in [4.69, 9.17) is 4.74 Å². The quantitative estimate of drug-likeness (QED) is 0.394. The summed E-state index contributed by atoms with van der Waals surface area (Å²) in [5.74, 6) is 0.434. The van der Waals surface area contributed by atoms with Gasteiger partial charge in [0.2, 0.25) is 0 Å². The molecule has 0 fully saturated rings. The Kier molecular flexibility index (Phi) is 6.88. The summed E-state index contributed by atoms with van der Waals surface area (Å²) in [6, 6.07) is 17.4. The molecule has 0 spiro atoms. The molecule has 0 aliphatic heterocycles. The monoisotopic (exact) mass is 453 g/mol. The molecule has 0 heterocycles. The smallest absolute Gasteiger partial charge is 0.271 e. The van der Waals surface area contributed by atoms with Crippen molar-refractivity contribution in [3.05, 3.63) is 70.2 Å². The van der Waals surface area contributed by atoms with E-state index in [1.165, 1.54) is 0 Å². The van der Waals surface area contributed by atoms with Crippen molar-refractivity contribution < 1.29 is 9.53 Å². The molecule has 1 amide bonds. The number of amides is 1. The van der Waals surface area contributed by atoms with Gasteiger partial charge in [-0.15, -0.1) is 0 Å². The van der Waals surface area contributed by atoms with E-state index >= 15 is 0 Å². The molecule has 1 N–H and O–H groups in total.